The second kappa shape index (κ2) is 6.81. The molecule has 14 heavy (non-hydrogen) atoms. The van der Waals surface area contributed by atoms with Gasteiger partial charge >= 0.3 is 6.08 Å². The third-order valence-corrected chi connectivity index (χ3v) is 1.48. The summed E-state index contributed by atoms with van der Waals surface area (Å²) in [6.45, 7) is 3.76. The van der Waals surface area contributed by atoms with Gasteiger partial charge in [-0.15, -0.1) is 0 Å². The molecule has 1 radical (unpaired) electrons. The van der Waals surface area contributed by atoms with E-state index in [9.17, 15) is 17.6 Å². The van der Waals surface area contributed by atoms with E-state index in [-0.39, 0.29) is 0 Å². The number of hydrogen-bond donors (Lipinski definition) is 0. The van der Waals surface area contributed by atoms with Gasteiger partial charge in [0.1, 0.15) is 0 Å². The lowest BCUT2D eigenvalue weighted by Gasteiger charge is -2.12. The van der Waals surface area contributed by atoms with E-state index in [4.69, 9.17) is 4.74 Å². The van der Waals surface area contributed by atoms with Crippen molar-refractivity contribution in [3.63, 3.8) is 0 Å². The first-order chi connectivity index (χ1) is 6.49. The van der Waals surface area contributed by atoms with E-state index in [2.05, 4.69) is 0 Å². The van der Waals surface area contributed by atoms with E-state index in [1.807, 2.05) is 6.92 Å². The van der Waals surface area contributed by atoms with E-state index in [1.54, 1.807) is 0 Å². The maximum atomic E-state index is 12.6. The zero-order valence-corrected chi connectivity index (χ0v) is 8.12. The molecule has 0 aromatic carbocycles. The Morgan fingerprint density at radius 1 is 1.21 bits per heavy atom. The zero-order valence-electron chi connectivity index (χ0n) is 8.12. The first kappa shape index (κ1) is 13.4. The highest BCUT2D eigenvalue weighted by Crippen LogP contribution is 2.27. The Bertz CT molecular complexity index is 189. The second-order valence-corrected chi connectivity index (χ2v) is 2.86. The second-order valence-electron chi connectivity index (χ2n) is 2.86. The highest BCUT2D eigenvalue weighted by atomic mass is 19.3. The van der Waals surface area contributed by atoms with Gasteiger partial charge < -0.3 is 4.74 Å². The number of ether oxygens (including phenoxy) is 1. The predicted octanol–water partition coefficient (Wildman–Crippen LogP) is 3.77. The molecule has 0 spiro atoms. The predicted molar refractivity (Wildman–Crippen MR) is 45.0 cm³/mol. The van der Waals surface area contributed by atoms with E-state index in [0.717, 1.165) is 6.42 Å². The summed E-state index contributed by atoms with van der Waals surface area (Å²) in [5, 5.41) is 0. The number of allylic oxidation sites excluding steroid dienone is 1. The third kappa shape index (κ3) is 5.21. The molecule has 0 rings (SSSR count). The SMILES string of the molecule is CCCOC(C)C[C](F)C(F)=C(F)F. The number of halogens is 4. The molecular formula is C9H13F4O. The summed E-state index contributed by atoms with van der Waals surface area (Å²) < 4.78 is 53.1. The van der Waals surface area contributed by atoms with Gasteiger partial charge in [-0.3, -0.25) is 0 Å². The Labute approximate surface area is 80.7 Å². The van der Waals surface area contributed by atoms with Gasteiger partial charge in [-0.1, -0.05) is 6.92 Å². The molecule has 0 bridgehead atoms. The van der Waals surface area contributed by atoms with Crippen molar-refractivity contribution >= 4 is 0 Å². The van der Waals surface area contributed by atoms with Crippen LogP contribution in [-0.4, -0.2) is 12.7 Å². The minimum absolute atomic E-state index is 0.401. The molecule has 0 saturated heterocycles. The quantitative estimate of drug-likeness (QED) is 0.610. The molecule has 0 aliphatic rings. The highest BCUT2D eigenvalue weighted by molar-refractivity contribution is 5.11. The normalized spacial score (nSPS) is 13.1. The minimum atomic E-state index is -2.63. The van der Waals surface area contributed by atoms with Gasteiger partial charge in [-0.2, -0.15) is 8.78 Å². The van der Waals surface area contributed by atoms with Crippen molar-refractivity contribution in [1.29, 1.82) is 0 Å². The van der Waals surface area contributed by atoms with Crippen LogP contribution in [0.2, 0.25) is 0 Å². The van der Waals surface area contributed by atoms with Crippen molar-refractivity contribution < 1.29 is 22.3 Å². The minimum Gasteiger partial charge on any atom is -0.378 e. The molecule has 83 valence electrons. The molecule has 0 saturated carbocycles. The van der Waals surface area contributed by atoms with Gasteiger partial charge in [0.15, 0.2) is 0 Å². The highest BCUT2D eigenvalue weighted by Gasteiger charge is 2.23. The van der Waals surface area contributed by atoms with Gasteiger partial charge in [0, 0.05) is 13.0 Å². The third-order valence-electron chi connectivity index (χ3n) is 1.48. The van der Waals surface area contributed by atoms with Crippen LogP contribution in [0, 0.1) is 6.17 Å². The molecule has 1 nitrogen and oxygen atoms in total. The van der Waals surface area contributed by atoms with Crippen molar-refractivity contribution in [2.45, 2.75) is 32.8 Å². The maximum Gasteiger partial charge on any atom is 0.305 e. The van der Waals surface area contributed by atoms with Crippen LogP contribution in [0.5, 0.6) is 0 Å². The van der Waals surface area contributed by atoms with Crippen molar-refractivity contribution in [3.05, 3.63) is 18.1 Å². The average Bonchev–Trinajstić information content (AvgIpc) is 2.13. The summed E-state index contributed by atoms with van der Waals surface area (Å²) in [6, 6.07) is 0. The van der Waals surface area contributed by atoms with Crippen molar-refractivity contribution in [3.8, 4) is 0 Å². The summed E-state index contributed by atoms with van der Waals surface area (Å²) in [4.78, 5) is 0. The molecule has 0 aliphatic carbocycles. The van der Waals surface area contributed by atoms with Gasteiger partial charge in [0.2, 0.25) is 12.0 Å². The Hall–Kier alpha value is -0.580. The monoisotopic (exact) mass is 213 g/mol. The molecule has 0 fully saturated rings. The zero-order chi connectivity index (χ0) is 11.1. The van der Waals surface area contributed by atoms with Crippen LogP contribution in [0.15, 0.2) is 11.9 Å². The summed E-state index contributed by atoms with van der Waals surface area (Å²) in [7, 11) is 0. The van der Waals surface area contributed by atoms with E-state index >= 15 is 0 Å². The molecule has 0 N–H and O–H groups in total. The average molecular weight is 213 g/mol. The topological polar surface area (TPSA) is 9.23 Å². The molecule has 1 atom stereocenters. The van der Waals surface area contributed by atoms with Gasteiger partial charge in [-0.25, -0.2) is 8.78 Å². The van der Waals surface area contributed by atoms with Crippen LogP contribution in [0.25, 0.3) is 0 Å². The van der Waals surface area contributed by atoms with E-state index in [0.29, 0.717) is 6.61 Å². The summed E-state index contributed by atoms with van der Waals surface area (Å²) in [5.74, 6) is -2.07. The number of rotatable bonds is 6. The fourth-order valence-electron chi connectivity index (χ4n) is 0.822. The Morgan fingerprint density at radius 3 is 2.21 bits per heavy atom. The van der Waals surface area contributed by atoms with E-state index in [1.165, 1.54) is 6.92 Å². The summed E-state index contributed by atoms with van der Waals surface area (Å²) in [6.07, 6.45) is -4.43. The first-order valence-corrected chi connectivity index (χ1v) is 4.33. The van der Waals surface area contributed by atoms with Crippen LogP contribution in [0.1, 0.15) is 26.7 Å². The lowest BCUT2D eigenvalue weighted by molar-refractivity contribution is 0.0568. The van der Waals surface area contributed by atoms with Crippen molar-refractivity contribution in [2.24, 2.45) is 0 Å². The van der Waals surface area contributed by atoms with Crippen molar-refractivity contribution in [1.82, 2.24) is 0 Å². The van der Waals surface area contributed by atoms with Gasteiger partial charge in [0.05, 0.1) is 6.10 Å². The molecule has 0 aromatic rings. The van der Waals surface area contributed by atoms with Crippen LogP contribution in [-0.2, 0) is 4.74 Å². The lowest BCUT2D eigenvalue weighted by Crippen LogP contribution is -2.12. The molecule has 0 aromatic heterocycles. The summed E-state index contributed by atoms with van der Waals surface area (Å²) >= 11 is 0. The number of hydrogen-bond acceptors (Lipinski definition) is 1. The maximum absolute atomic E-state index is 12.6. The summed E-state index contributed by atoms with van der Waals surface area (Å²) in [5.41, 5.74) is 0. The Kier molecular flexibility index (Phi) is 6.53. The molecule has 0 amide bonds. The fraction of sp³-hybridized carbons (Fsp3) is 0.667. The largest absolute Gasteiger partial charge is 0.378 e. The van der Waals surface area contributed by atoms with Crippen LogP contribution >= 0.6 is 0 Å². The molecule has 5 heteroatoms. The fourth-order valence-corrected chi connectivity index (χ4v) is 0.822. The van der Waals surface area contributed by atoms with Crippen molar-refractivity contribution in [2.75, 3.05) is 6.61 Å². The van der Waals surface area contributed by atoms with E-state index < -0.39 is 30.6 Å². The smallest absolute Gasteiger partial charge is 0.305 e. The van der Waals surface area contributed by atoms with Crippen LogP contribution in [0.3, 0.4) is 0 Å². The van der Waals surface area contributed by atoms with Gasteiger partial charge in [-0.05, 0) is 13.3 Å². The van der Waals surface area contributed by atoms with Crippen LogP contribution in [0.4, 0.5) is 17.6 Å². The molecule has 0 aliphatic heterocycles. The standard InChI is InChI=1S/C9H13F4O/c1-3-4-14-6(2)5-7(10)8(11)9(12)13/h6H,3-5H2,1-2H3. The molecular weight excluding hydrogens is 200 g/mol. The first-order valence-electron chi connectivity index (χ1n) is 4.33. The molecule has 1 unspecified atom stereocenters. The Morgan fingerprint density at radius 2 is 1.79 bits per heavy atom. The lowest BCUT2D eigenvalue weighted by atomic mass is 10.2. The van der Waals surface area contributed by atoms with Gasteiger partial charge in [0.25, 0.3) is 0 Å². The van der Waals surface area contributed by atoms with Crippen LogP contribution < -0.4 is 0 Å². The molecule has 0 heterocycles. The Balaban J connectivity index is 3.93.